The van der Waals surface area contributed by atoms with E-state index in [1.807, 2.05) is 0 Å². The Morgan fingerprint density at radius 1 is 0.962 bits per heavy atom. The molecule has 2 unspecified atom stereocenters. The lowest BCUT2D eigenvalue weighted by molar-refractivity contribution is -0.0637. The van der Waals surface area contributed by atoms with Crippen molar-refractivity contribution in [1.29, 1.82) is 0 Å². The van der Waals surface area contributed by atoms with Gasteiger partial charge in [-0.15, -0.1) is 0 Å². The number of unbranched alkanes of at least 4 members (excludes halogenated alkanes) is 1. The molecule has 2 aliphatic carbocycles. The first-order chi connectivity index (χ1) is 12.4. The Morgan fingerprint density at radius 3 is 2.27 bits per heavy atom. The van der Waals surface area contributed by atoms with Crippen molar-refractivity contribution in [3.05, 3.63) is 0 Å². The zero-order valence-corrected chi connectivity index (χ0v) is 17.8. The Balaban J connectivity index is 2.03. The maximum atomic E-state index is 13.4. The van der Waals surface area contributed by atoms with Gasteiger partial charge in [0.2, 0.25) is 0 Å². The molecule has 0 radical (unpaired) electrons. The summed E-state index contributed by atoms with van der Waals surface area (Å²) in [6.07, 6.45) is 13.5. The molecule has 3 aliphatic rings. The zero-order valence-electron chi connectivity index (χ0n) is 17.0. The van der Waals surface area contributed by atoms with Crippen LogP contribution in [0.2, 0.25) is 0 Å². The molecule has 1 aliphatic heterocycles. The maximum absolute atomic E-state index is 13.4. The first-order valence-electron chi connectivity index (χ1n) is 11.3. The van der Waals surface area contributed by atoms with Gasteiger partial charge in [-0.2, -0.15) is 0 Å². The lowest BCUT2D eigenvalue weighted by atomic mass is 9.61. The first-order valence-corrected chi connectivity index (χ1v) is 13.1. The van der Waals surface area contributed by atoms with Crippen LogP contribution in [0.25, 0.3) is 0 Å². The van der Waals surface area contributed by atoms with E-state index in [1.165, 1.54) is 32.1 Å². The summed E-state index contributed by atoms with van der Waals surface area (Å²) >= 11 is 0. The molecule has 26 heavy (non-hydrogen) atoms. The van der Waals surface area contributed by atoms with Gasteiger partial charge in [0.25, 0.3) is 0 Å². The van der Waals surface area contributed by atoms with Crippen LogP contribution in [-0.4, -0.2) is 30.6 Å². The van der Waals surface area contributed by atoms with Crippen molar-refractivity contribution >= 4 is 9.84 Å². The van der Waals surface area contributed by atoms with Gasteiger partial charge in [0.05, 0.1) is 17.1 Å². The average Bonchev–Trinajstić information content (AvgIpc) is 2.73. The van der Waals surface area contributed by atoms with E-state index in [9.17, 15) is 13.5 Å². The standard InChI is InChI=1S/C22H40O3S/c1-3-5-15-22(4-2)16-26(24,25)19-14-10-9-13-18(19)20(21(22)23)17-11-7-6-8-12-17/h17-21,23H,3-16H2,1-2H3/t18?,19?,20-,21-,22+/m0/s1. The van der Waals surface area contributed by atoms with Gasteiger partial charge in [-0.3, -0.25) is 0 Å². The quantitative estimate of drug-likeness (QED) is 0.716. The van der Waals surface area contributed by atoms with Crippen molar-refractivity contribution in [3.63, 3.8) is 0 Å². The van der Waals surface area contributed by atoms with E-state index in [1.54, 1.807) is 0 Å². The molecule has 3 fully saturated rings. The van der Waals surface area contributed by atoms with Gasteiger partial charge < -0.3 is 5.11 Å². The number of hydrogen-bond acceptors (Lipinski definition) is 3. The second-order valence-corrected chi connectivity index (χ2v) is 11.8. The fourth-order valence-electron chi connectivity index (χ4n) is 6.61. The van der Waals surface area contributed by atoms with Crippen molar-refractivity contribution in [1.82, 2.24) is 0 Å². The number of sulfone groups is 1. The van der Waals surface area contributed by atoms with E-state index in [4.69, 9.17) is 0 Å². The topological polar surface area (TPSA) is 54.4 Å². The first kappa shape index (κ1) is 20.6. The molecule has 0 aromatic heterocycles. The molecule has 1 saturated heterocycles. The molecule has 1 heterocycles. The second kappa shape index (κ2) is 8.51. The SMILES string of the molecule is CCCC[C@]1(CC)CS(=O)(=O)C2CCCCC2[C@H](C2CCCCC2)[C@@H]1O. The molecule has 3 rings (SSSR count). The summed E-state index contributed by atoms with van der Waals surface area (Å²) in [6, 6.07) is 0. The Morgan fingerprint density at radius 2 is 1.62 bits per heavy atom. The van der Waals surface area contributed by atoms with Crippen LogP contribution in [0.1, 0.15) is 97.3 Å². The molecule has 0 bridgehead atoms. The number of fused-ring (bicyclic) bond motifs is 1. The smallest absolute Gasteiger partial charge is 0.154 e. The van der Waals surface area contributed by atoms with Gasteiger partial charge in [0.1, 0.15) is 0 Å². The van der Waals surface area contributed by atoms with E-state index in [2.05, 4.69) is 13.8 Å². The summed E-state index contributed by atoms with van der Waals surface area (Å²) in [4.78, 5) is 0. The van der Waals surface area contributed by atoms with Gasteiger partial charge in [-0.1, -0.05) is 71.6 Å². The van der Waals surface area contributed by atoms with Gasteiger partial charge in [-0.05, 0) is 43.4 Å². The highest BCUT2D eigenvalue weighted by molar-refractivity contribution is 7.92. The minimum atomic E-state index is -3.13. The van der Waals surface area contributed by atoms with Crippen molar-refractivity contribution in [3.8, 4) is 0 Å². The lowest BCUT2D eigenvalue weighted by Crippen LogP contribution is -2.47. The molecule has 3 nitrogen and oxygen atoms in total. The summed E-state index contributed by atoms with van der Waals surface area (Å²) < 4.78 is 26.9. The van der Waals surface area contributed by atoms with Crippen LogP contribution >= 0.6 is 0 Å². The fourth-order valence-corrected chi connectivity index (χ4v) is 9.52. The number of rotatable bonds is 5. The zero-order chi connectivity index (χ0) is 18.8. The molecule has 4 heteroatoms. The lowest BCUT2D eigenvalue weighted by Gasteiger charge is -2.46. The monoisotopic (exact) mass is 384 g/mol. The molecule has 0 amide bonds. The van der Waals surface area contributed by atoms with Crippen molar-refractivity contribution < 1.29 is 13.5 Å². The van der Waals surface area contributed by atoms with E-state index >= 15 is 0 Å². The Labute approximate surface area is 161 Å². The highest BCUT2D eigenvalue weighted by Crippen LogP contribution is 2.52. The molecule has 2 saturated carbocycles. The van der Waals surface area contributed by atoms with Crippen LogP contribution in [-0.2, 0) is 9.84 Å². The molecule has 1 N–H and O–H groups in total. The van der Waals surface area contributed by atoms with E-state index in [-0.39, 0.29) is 22.8 Å². The average molecular weight is 385 g/mol. The number of aliphatic hydroxyl groups excluding tert-OH is 1. The molecule has 0 spiro atoms. The second-order valence-electron chi connectivity index (χ2n) is 9.53. The summed E-state index contributed by atoms with van der Waals surface area (Å²) in [6.45, 7) is 4.28. The molecule has 152 valence electrons. The van der Waals surface area contributed by atoms with Crippen LogP contribution in [0.5, 0.6) is 0 Å². The number of hydrogen-bond donors (Lipinski definition) is 1. The van der Waals surface area contributed by atoms with Gasteiger partial charge >= 0.3 is 0 Å². The highest BCUT2D eigenvalue weighted by Gasteiger charge is 2.55. The third kappa shape index (κ3) is 3.87. The molecule has 5 atom stereocenters. The minimum absolute atomic E-state index is 0.187. The molecular weight excluding hydrogens is 344 g/mol. The normalized spacial score (nSPS) is 41.3. The van der Waals surface area contributed by atoms with Crippen LogP contribution < -0.4 is 0 Å². The van der Waals surface area contributed by atoms with Gasteiger partial charge in [0, 0.05) is 5.41 Å². The van der Waals surface area contributed by atoms with Gasteiger partial charge in [-0.25, -0.2) is 8.42 Å². The summed E-state index contributed by atoms with van der Waals surface area (Å²) in [5.74, 6) is 1.16. The fraction of sp³-hybridized carbons (Fsp3) is 1.00. The van der Waals surface area contributed by atoms with E-state index < -0.39 is 21.4 Å². The number of aliphatic hydroxyl groups is 1. The third-order valence-electron chi connectivity index (χ3n) is 8.12. The van der Waals surface area contributed by atoms with Crippen molar-refractivity contribution in [2.24, 2.45) is 23.2 Å². The summed E-state index contributed by atoms with van der Waals surface area (Å²) in [5, 5.41) is 11.6. The largest absolute Gasteiger partial charge is 0.392 e. The van der Waals surface area contributed by atoms with Crippen LogP contribution in [0.4, 0.5) is 0 Å². The Bertz CT molecular complexity index is 552. The van der Waals surface area contributed by atoms with E-state index in [0.717, 1.165) is 51.4 Å². The van der Waals surface area contributed by atoms with Crippen molar-refractivity contribution in [2.45, 2.75) is 109 Å². The Kier molecular flexibility index (Phi) is 6.75. The van der Waals surface area contributed by atoms with E-state index in [0.29, 0.717) is 5.92 Å². The summed E-state index contributed by atoms with van der Waals surface area (Å²) in [5.41, 5.74) is -0.422. The predicted molar refractivity (Wildman–Crippen MR) is 108 cm³/mol. The Hall–Kier alpha value is -0.0900. The molecule has 0 aromatic carbocycles. The van der Waals surface area contributed by atoms with Crippen molar-refractivity contribution in [2.75, 3.05) is 5.75 Å². The minimum Gasteiger partial charge on any atom is -0.392 e. The van der Waals surface area contributed by atoms with Crippen LogP contribution in [0.15, 0.2) is 0 Å². The third-order valence-corrected chi connectivity index (χ3v) is 10.6. The molecular formula is C22H40O3S. The van der Waals surface area contributed by atoms with Gasteiger partial charge in [0.15, 0.2) is 9.84 Å². The maximum Gasteiger partial charge on any atom is 0.154 e. The highest BCUT2D eigenvalue weighted by atomic mass is 32.2. The van der Waals surface area contributed by atoms with Crippen LogP contribution in [0.3, 0.4) is 0 Å². The summed E-state index contributed by atoms with van der Waals surface area (Å²) in [7, 11) is -3.13. The van der Waals surface area contributed by atoms with Crippen LogP contribution in [0, 0.1) is 23.2 Å². The predicted octanol–water partition coefficient (Wildman–Crippen LogP) is 5.12. The molecule has 0 aromatic rings.